The number of aromatic nitrogens is 1. The van der Waals surface area contributed by atoms with Gasteiger partial charge in [0, 0.05) is 56.8 Å². The summed E-state index contributed by atoms with van der Waals surface area (Å²) >= 11 is 0. The zero-order valence-corrected chi connectivity index (χ0v) is 19.9. The highest BCUT2D eigenvalue weighted by molar-refractivity contribution is 6.07. The van der Waals surface area contributed by atoms with E-state index in [0.29, 0.717) is 50.6 Å². The van der Waals surface area contributed by atoms with Crippen LogP contribution >= 0.6 is 0 Å². The van der Waals surface area contributed by atoms with Crippen LogP contribution in [-0.4, -0.2) is 73.0 Å². The van der Waals surface area contributed by atoms with Gasteiger partial charge in [0.2, 0.25) is 5.91 Å². The molecule has 3 aliphatic rings. The van der Waals surface area contributed by atoms with Gasteiger partial charge in [0.15, 0.2) is 0 Å². The number of piperidine rings is 1. The Kier molecular flexibility index (Phi) is 5.80. The number of hydrogen-bond donors (Lipinski definition) is 0. The number of amides is 2. The first-order chi connectivity index (χ1) is 16.4. The summed E-state index contributed by atoms with van der Waals surface area (Å²) < 4.78 is 5.47. The van der Waals surface area contributed by atoms with E-state index in [1.54, 1.807) is 13.3 Å². The zero-order valence-electron chi connectivity index (χ0n) is 19.9. The molecule has 178 valence electrons. The van der Waals surface area contributed by atoms with Crippen molar-refractivity contribution in [3.05, 3.63) is 30.0 Å². The summed E-state index contributed by atoms with van der Waals surface area (Å²) in [4.78, 5) is 36.7. The second-order valence-corrected chi connectivity index (χ2v) is 9.95. The van der Waals surface area contributed by atoms with Crippen molar-refractivity contribution in [2.75, 3.05) is 51.3 Å². The topological polar surface area (TPSA) is 89.8 Å². The van der Waals surface area contributed by atoms with Crippen LogP contribution in [0.2, 0.25) is 0 Å². The molecule has 0 N–H and O–H groups in total. The Balaban J connectivity index is 1.45. The van der Waals surface area contributed by atoms with Crippen LogP contribution in [0.4, 0.5) is 5.69 Å². The lowest BCUT2D eigenvalue weighted by molar-refractivity contribution is -0.134. The van der Waals surface area contributed by atoms with Gasteiger partial charge in [0.05, 0.1) is 35.4 Å². The summed E-state index contributed by atoms with van der Waals surface area (Å²) in [7, 11) is 1.63. The third kappa shape index (κ3) is 4.15. The second kappa shape index (κ2) is 8.79. The molecule has 0 radical (unpaired) electrons. The van der Waals surface area contributed by atoms with E-state index >= 15 is 0 Å². The van der Waals surface area contributed by atoms with E-state index in [-0.39, 0.29) is 23.1 Å². The Morgan fingerprint density at radius 1 is 1.09 bits per heavy atom. The highest BCUT2D eigenvalue weighted by Gasteiger charge is 2.36. The maximum absolute atomic E-state index is 13.7. The van der Waals surface area contributed by atoms with E-state index in [2.05, 4.69) is 16.0 Å². The zero-order chi connectivity index (χ0) is 23.9. The van der Waals surface area contributed by atoms with Crippen LogP contribution < -0.4 is 9.64 Å². The number of benzene rings is 1. The first-order valence-electron chi connectivity index (χ1n) is 12.1. The summed E-state index contributed by atoms with van der Waals surface area (Å²) in [6, 6.07) is 8.19. The van der Waals surface area contributed by atoms with Crippen molar-refractivity contribution in [2.45, 2.75) is 32.6 Å². The van der Waals surface area contributed by atoms with Crippen molar-refractivity contribution in [1.82, 2.24) is 14.8 Å². The fraction of sp³-hybridized carbons (Fsp3) is 0.538. The number of piperazine rings is 1. The molecule has 3 fully saturated rings. The number of pyridine rings is 1. The molecule has 0 atom stereocenters. The Bertz CT molecular complexity index is 1150. The van der Waals surface area contributed by atoms with Gasteiger partial charge in [0.25, 0.3) is 5.91 Å². The third-order valence-corrected chi connectivity index (χ3v) is 7.54. The van der Waals surface area contributed by atoms with E-state index in [0.717, 1.165) is 42.3 Å². The van der Waals surface area contributed by atoms with Gasteiger partial charge in [-0.3, -0.25) is 14.6 Å². The predicted molar refractivity (Wildman–Crippen MR) is 129 cm³/mol. The Hall–Kier alpha value is -3.34. The lowest BCUT2D eigenvalue weighted by atomic mass is 9.81. The van der Waals surface area contributed by atoms with Crippen molar-refractivity contribution in [3.63, 3.8) is 0 Å². The van der Waals surface area contributed by atoms with Gasteiger partial charge in [-0.15, -0.1) is 0 Å². The van der Waals surface area contributed by atoms with Crippen LogP contribution in [0.25, 0.3) is 10.9 Å². The smallest absolute Gasteiger partial charge is 0.257 e. The molecule has 3 heterocycles. The number of rotatable bonds is 4. The van der Waals surface area contributed by atoms with Crippen LogP contribution in [0.5, 0.6) is 5.75 Å². The molecule has 2 aromatic rings. The molecule has 0 unspecified atom stereocenters. The van der Waals surface area contributed by atoms with Gasteiger partial charge in [-0.25, -0.2) is 0 Å². The standard InChI is InChI=1S/C26H31N5O3/c1-26(17-27)7-9-29(10-8-26)23-20-15-19(34-2)5-6-22(20)28-16-21(23)25(33)31-13-11-30(12-14-31)24(32)18-3-4-18/h5-6,15-16,18H,3-4,7-14H2,1-2H3. The van der Waals surface area contributed by atoms with Gasteiger partial charge in [-0.2, -0.15) is 5.26 Å². The molecule has 1 aliphatic carbocycles. The molecular formula is C26H31N5O3. The maximum atomic E-state index is 13.7. The van der Waals surface area contributed by atoms with Crippen molar-refractivity contribution in [2.24, 2.45) is 11.3 Å². The number of fused-ring (bicyclic) bond motifs is 1. The van der Waals surface area contributed by atoms with Crippen LogP contribution in [0.1, 0.15) is 43.0 Å². The number of hydrogen-bond acceptors (Lipinski definition) is 6. The monoisotopic (exact) mass is 461 g/mol. The minimum Gasteiger partial charge on any atom is -0.497 e. The van der Waals surface area contributed by atoms with Gasteiger partial charge in [-0.05, 0) is 50.8 Å². The first-order valence-corrected chi connectivity index (χ1v) is 12.1. The normalized spacial score (nSPS) is 20.2. The highest BCUT2D eigenvalue weighted by atomic mass is 16.5. The molecule has 1 aromatic heterocycles. The largest absolute Gasteiger partial charge is 0.497 e. The van der Waals surface area contributed by atoms with E-state index in [1.807, 2.05) is 34.9 Å². The summed E-state index contributed by atoms with van der Waals surface area (Å²) in [6.45, 7) is 5.62. The van der Waals surface area contributed by atoms with Crippen LogP contribution in [-0.2, 0) is 4.79 Å². The van der Waals surface area contributed by atoms with E-state index in [4.69, 9.17) is 4.74 Å². The first kappa shape index (κ1) is 22.5. The van der Waals surface area contributed by atoms with Gasteiger partial charge in [0.1, 0.15) is 5.75 Å². The predicted octanol–water partition coefficient (Wildman–Crippen LogP) is 3.07. The van der Waals surface area contributed by atoms with Crippen LogP contribution in [0.3, 0.4) is 0 Å². The summed E-state index contributed by atoms with van der Waals surface area (Å²) in [5, 5.41) is 10.5. The number of nitriles is 1. The SMILES string of the molecule is COc1ccc2ncc(C(=O)N3CCN(C(=O)C4CC4)CC3)c(N3CCC(C)(C#N)CC3)c2c1. The van der Waals surface area contributed by atoms with Crippen molar-refractivity contribution < 1.29 is 14.3 Å². The summed E-state index contributed by atoms with van der Waals surface area (Å²) in [6.07, 6.45) is 5.16. The van der Waals surface area contributed by atoms with Crippen molar-refractivity contribution >= 4 is 28.4 Å². The summed E-state index contributed by atoms with van der Waals surface area (Å²) in [5.74, 6) is 1.10. The third-order valence-electron chi connectivity index (χ3n) is 7.54. The molecule has 2 amide bonds. The molecule has 2 saturated heterocycles. The molecule has 34 heavy (non-hydrogen) atoms. The number of carbonyl (C=O) groups is 2. The molecular weight excluding hydrogens is 430 g/mol. The van der Waals surface area contributed by atoms with Gasteiger partial charge >= 0.3 is 0 Å². The van der Waals surface area contributed by atoms with Crippen LogP contribution in [0.15, 0.2) is 24.4 Å². The molecule has 0 bridgehead atoms. The number of nitrogens with zero attached hydrogens (tertiary/aromatic N) is 5. The minimum atomic E-state index is -0.342. The lowest BCUT2D eigenvalue weighted by Crippen LogP contribution is -2.51. The van der Waals surface area contributed by atoms with E-state index in [1.165, 1.54) is 0 Å². The maximum Gasteiger partial charge on any atom is 0.257 e. The average molecular weight is 462 g/mol. The number of methoxy groups -OCH3 is 1. The molecule has 2 aliphatic heterocycles. The Morgan fingerprint density at radius 2 is 1.76 bits per heavy atom. The Labute approximate surface area is 200 Å². The van der Waals surface area contributed by atoms with Crippen molar-refractivity contribution in [3.8, 4) is 11.8 Å². The summed E-state index contributed by atoms with van der Waals surface area (Å²) in [5.41, 5.74) is 1.90. The van der Waals surface area contributed by atoms with Crippen molar-refractivity contribution in [1.29, 1.82) is 5.26 Å². The second-order valence-electron chi connectivity index (χ2n) is 9.95. The Morgan fingerprint density at radius 3 is 2.38 bits per heavy atom. The quantitative estimate of drug-likeness (QED) is 0.695. The molecule has 1 aromatic carbocycles. The molecule has 8 nitrogen and oxygen atoms in total. The van der Waals surface area contributed by atoms with E-state index in [9.17, 15) is 14.9 Å². The number of carbonyl (C=O) groups excluding carboxylic acids is 2. The lowest BCUT2D eigenvalue weighted by Gasteiger charge is -2.39. The number of anilines is 1. The fourth-order valence-electron chi connectivity index (χ4n) is 5.01. The van der Waals surface area contributed by atoms with E-state index < -0.39 is 0 Å². The average Bonchev–Trinajstić information content (AvgIpc) is 3.73. The van der Waals surface area contributed by atoms with Gasteiger partial charge in [-0.1, -0.05) is 0 Å². The molecule has 5 rings (SSSR count). The minimum absolute atomic E-state index is 0.0561. The molecule has 1 saturated carbocycles. The highest BCUT2D eigenvalue weighted by Crippen LogP contribution is 2.38. The molecule has 0 spiro atoms. The number of ether oxygens (including phenoxy) is 1. The fourth-order valence-corrected chi connectivity index (χ4v) is 5.01. The molecule has 8 heteroatoms. The van der Waals surface area contributed by atoms with Crippen LogP contribution in [0, 0.1) is 22.7 Å². The van der Waals surface area contributed by atoms with Gasteiger partial charge < -0.3 is 19.4 Å².